The average molecular weight is 378 g/mol. The predicted molar refractivity (Wildman–Crippen MR) is 101 cm³/mol. The SMILES string of the molecule is Cc1ccc(S(=O)(=O)O[C@@H]2C[C@H]3c4ccccc4[C@@H]2c2cccc[n+]23)cc1. The monoisotopic (exact) mass is 378 g/mol. The Morgan fingerprint density at radius 3 is 2.41 bits per heavy atom. The molecule has 1 aliphatic carbocycles. The standard InChI is InChI=1S/C22H20NO3S/c1-15-9-11-16(12-10-15)27(24,25)26-21-14-20-17-6-2-3-7-18(17)22(21)19-8-4-5-13-23(19)20/h2-13,20-22H,14H2,1H3/q+1/t20-,21+,22+/m0/s1. The lowest BCUT2D eigenvalue weighted by atomic mass is 9.72. The third-order valence-electron chi connectivity index (χ3n) is 5.65. The van der Waals surface area contributed by atoms with Crippen LogP contribution in [-0.2, 0) is 14.3 Å². The van der Waals surface area contributed by atoms with Crippen LogP contribution in [0, 0.1) is 6.92 Å². The van der Waals surface area contributed by atoms with Gasteiger partial charge in [0.05, 0.1) is 10.8 Å². The van der Waals surface area contributed by atoms with Gasteiger partial charge in [0, 0.05) is 24.1 Å². The zero-order valence-corrected chi connectivity index (χ0v) is 15.8. The van der Waals surface area contributed by atoms with Crippen molar-refractivity contribution < 1.29 is 17.2 Å². The van der Waals surface area contributed by atoms with Gasteiger partial charge in [-0.1, -0.05) is 48.0 Å². The van der Waals surface area contributed by atoms with Gasteiger partial charge >= 0.3 is 0 Å². The van der Waals surface area contributed by atoms with E-state index < -0.39 is 16.2 Å². The van der Waals surface area contributed by atoms with Gasteiger partial charge in [0.1, 0.15) is 6.10 Å². The van der Waals surface area contributed by atoms with Gasteiger partial charge in [-0.25, -0.2) is 0 Å². The molecule has 3 heterocycles. The van der Waals surface area contributed by atoms with Crippen molar-refractivity contribution in [3.63, 3.8) is 0 Å². The molecular formula is C22H20NO3S+. The molecular weight excluding hydrogens is 358 g/mol. The number of hydrogen-bond donors (Lipinski definition) is 0. The molecule has 0 saturated carbocycles. The summed E-state index contributed by atoms with van der Waals surface area (Å²) in [6, 6.07) is 21.3. The van der Waals surface area contributed by atoms with Crippen LogP contribution in [0.4, 0.5) is 0 Å². The van der Waals surface area contributed by atoms with Crippen molar-refractivity contribution >= 4 is 10.1 Å². The minimum Gasteiger partial charge on any atom is -0.261 e. The molecule has 0 radical (unpaired) electrons. The normalized spacial score (nSPS) is 22.9. The average Bonchev–Trinajstić information content (AvgIpc) is 2.68. The van der Waals surface area contributed by atoms with E-state index in [-0.39, 0.29) is 16.9 Å². The molecule has 1 aromatic heterocycles. The highest BCUT2D eigenvalue weighted by Gasteiger charge is 2.51. The fourth-order valence-electron chi connectivity index (χ4n) is 4.43. The first-order chi connectivity index (χ1) is 13.0. The molecule has 3 aliphatic rings. The van der Waals surface area contributed by atoms with Gasteiger partial charge < -0.3 is 0 Å². The zero-order chi connectivity index (χ0) is 18.6. The molecule has 0 N–H and O–H groups in total. The second-order valence-electron chi connectivity index (χ2n) is 7.29. The summed E-state index contributed by atoms with van der Waals surface area (Å²) >= 11 is 0. The van der Waals surface area contributed by atoms with Crippen molar-refractivity contribution in [1.82, 2.24) is 0 Å². The molecule has 2 aliphatic heterocycles. The number of nitrogens with zero attached hydrogens (tertiary/aromatic N) is 1. The Morgan fingerprint density at radius 1 is 0.926 bits per heavy atom. The third kappa shape index (κ3) is 2.61. The van der Waals surface area contributed by atoms with Crippen LogP contribution in [0.2, 0.25) is 0 Å². The van der Waals surface area contributed by atoms with Crippen molar-refractivity contribution in [2.45, 2.75) is 36.3 Å². The Kier molecular flexibility index (Phi) is 3.71. The minimum atomic E-state index is -3.81. The van der Waals surface area contributed by atoms with Crippen molar-refractivity contribution in [2.75, 3.05) is 0 Å². The first-order valence-electron chi connectivity index (χ1n) is 9.13. The minimum absolute atomic E-state index is 0.0902. The lowest BCUT2D eigenvalue weighted by Gasteiger charge is -2.39. The summed E-state index contributed by atoms with van der Waals surface area (Å²) in [5, 5.41) is 0. The van der Waals surface area contributed by atoms with Crippen LogP contribution in [-0.4, -0.2) is 14.5 Å². The second-order valence-corrected chi connectivity index (χ2v) is 8.86. The van der Waals surface area contributed by atoms with Crippen LogP contribution in [0.15, 0.2) is 77.8 Å². The Morgan fingerprint density at radius 2 is 1.63 bits per heavy atom. The van der Waals surface area contributed by atoms with Crippen LogP contribution in [0.1, 0.15) is 40.8 Å². The van der Waals surface area contributed by atoms with E-state index in [1.807, 2.05) is 31.2 Å². The van der Waals surface area contributed by atoms with E-state index in [1.165, 1.54) is 11.1 Å². The Balaban J connectivity index is 1.57. The first-order valence-corrected chi connectivity index (χ1v) is 10.5. The van der Waals surface area contributed by atoms with Crippen LogP contribution in [0.5, 0.6) is 0 Å². The molecule has 2 aromatic carbocycles. The van der Waals surface area contributed by atoms with Crippen LogP contribution >= 0.6 is 0 Å². The topological polar surface area (TPSA) is 47.3 Å². The number of hydrogen-bond acceptors (Lipinski definition) is 3. The van der Waals surface area contributed by atoms with Crippen molar-refractivity contribution in [2.24, 2.45) is 0 Å². The molecule has 27 heavy (non-hydrogen) atoms. The summed E-state index contributed by atoms with van der Waals surface area (Å²) in [6.07, 6.45) is 2.32. The number of benzene rings is 2. The fraction of sp³-hybridized carbons (Fsp3) is 0.227. The smallest absolute Gasteiger partial charge is 0.261 e. The highest BCUT2D eigenvalue weighted by atomic mass is 32.2. The maximum Gasteiger partial charge on any atom is 0.297 e. The molecule has 0 spiro atoms. The van der Waals surface area contributed by atoms with E-state index in [2.05, 4.69) is 29.0 Å². The van der Waals surface area contributed by atoms with E-state index >= 15 is 0 Å². The quantitative estimate of drug-likeness (QED) is 0.518. The van der Waals surface area contributed by atoms with Gasteiger partial charge in [0.25, 0.3) is 10.1 Å². The lowest BCUT2D eigenvalue weighted by molar-refractivity contribution is -0.732. The van der Waals surface area contributed by atoms with E-state index in [4.69, 9.17) is 4.18 Å². The summed E-state index contributed by atoms with van der Waals surface area (Å²) in [7, 11) is -3.81. The Labute approximate surface area is 159 Å². The van der Waals surface area contributed by atoms with Crippen LogP contribution < -0.4 is 4.57 Å². The Bertz CT molecular complexity index is 1070. The van der Waals surface area contributed by atoms with Gasteiger partial charge in [-0.3, -0.25) is 4.18 Å². The van der Waals surface area contributed by atoms with Gasteiger partial charge in [0.2, 0.25) is 0 Å². The molecule has 4 nitrogen and oxygen atoms in total. The molecule has 0 unspecified atom stereocenters. The number of rotatable bonds is 3. The van der Waals surface area contributed by atoms with Crippen LogP contribution in [0.3, 0.4) is 0 Å². The van der Waals surface area contributed by atoms with Crippen LogP contribution in [0.25, 0.3) is 0 Å². The predicted octanol–water partition coefficient (Wildman–Crippen LogP) is 3.50. The van der Waals surface area contributed by atoms with Crippen molar-refractivity contribution in [1.29, 1.82) is 0 Å². The van der Waals surface area contributed by atoms with Crippen molar-refractivity contribution in [3.8, 4) is 0 Å². The number of aryl methyl sites for hydroxylation is 1. The number of pyridine rings is 1. The summed E-state index contributed by atoms with van der Waals surface area (Å²) in [6.45, 7) is 1.93. The van der Waals surface area contributed by atoms with E-state index in [0.29, 0.717) is 6.42 Å². The van der Waals surface area contributed by atoms with E-state index in [9.17, 15) is 8.42 Å². The maximum absolute atomic E-state index is 12.9. The highest BCUT2D eigenvalue weighted by molar-refractivity contribution is 7.86. The maximum atomic E-state index is 12.9. The molecule has 0 fully saturated rings. The highest BCUT2D eigenvalue weighted by Crippen LogP contribution is 2.46. The summed E-state index contributed by atoms with van der Waals surface area (Å²) in [5.74, 6) is -0.0902. The van der Waals surface area contributed by atoms with Crippen molar-refractivity contribution in [3.05, 3.63) is 95.3 Å². The van der Waals surface area contributed by atoms with E-state index in [0.717, 1.165) is 11.3 Å². The molecule has 0 saturated heterocycles. The molecule has 6 rings (SSSR count). The number of fused-ring (bicyclic) bond motifs is 1. The van der Waals surface area contributed by atoms with Gasteiger partial charge in [-0.2, -0.15) is 13.0 Å². The second kappa shape index (κ2) is 6.01. The molecule has 136 valence electrons. The lowest BCUT2D eigenvalue weighted by Crippen LogP contribution is -2.56. The summed E-state index contributed by atoms with van der Waals surface area (Å²) in [5.41, 5.74) is 4.56. The fourth-order valence-corrected chi connectivity index (χ4v) is 5.52. The molecule has 0 amide bonds. The van der Waals surface area contributed by atoms with Gasteiger partial charge in [-0.05, 0) is 24.6 Å². The summed E-state index contributed by atoms with van der Waals surface area (Å²) in [4.78, 5) is 0.212. The first kappa shape index (κ1) is 16.7. The molecule has 3 aromatic rings. The molecule has 5 heteroatoms. The van der Waals surface area contributed by atoms with Gasteiger partial charge in [-0.15, -0.1) is 0 Å². The van der Waals surface area contributed by atoms with Gasteiger partial charge in [0.15, 0.2) is 17.9 Å². The summed E-state index contributed by atoms with van der Waals surface area (Å²) < 4.78 is 33.8. The Hall–Kier alpha value is -2.50. The largest absolute Gasteiger partial charge is 0.297 e. The molecule has 3 atom stereocenters. The third-order valence-corrected chi connectivity index (χ3v) is 7.00. The molecule has 2 bridgehead atoms. The number of aromatic nitrogens is 1. The van der Waals surface area contributed by atoms with E-state index in [1.54, 1.807) is 24.3 Å². The zero-order valence-electron chi connectivity index (χ0n) is 14.9.